The van der Waals surface area contributed by atoms with E-state index in [0.29, 0.717) is 17.5 Å². The summed E-state index contributed by atoms with van der Waals surface area (Å²) in [4.78, 5) is 9.86. The van der Waals surface area contributed by atoms with Gasteiger partial charge in [-0.3, -0.25) is 0 Å². The zero-order valence-electron chi connectivity index (χ0n) is 10.9. The molecule has 2 rings (SSSR count). The smallest absolute Gasteiger partial charge is 0.140 e. The SMILES string of the molecule is COCc1cc(Cl)nc(CSc2cccc(C)c2)n1. The van der Waals surface area contributed by atoms with Crippen molar-refractivity contribution in [3.05, 3.63) is 52.6 Å². The Labute approximate surface area is 122 Å². The molecule has 1 aromatic carbocycles. The van der Waals surface area contributed by atoms with Crippen molar-refractivity contribution in [3.63, 3.8) is 0 Å². The number of hydrogen-bond acceptors (Lipinski definition) is 4. The molecule has 0 N–H and O–H groups in total. The van der Waals surface area contributed by atoms with Crippen molar-refractivity contribution in [2.75, 3.05) is 7.11 Å². The summed E-state index contributed by atoms with van der Waals surface area (Å²) in [5.74, 6) is 1.42. The van der Waals surface area contributed by atoms with Crippen molar-refractivity contribution in [1.82, 2.24) is 9.97 Å². The average Bonchev–Trinajstić information content (AvgIpc) is 2.36. The van der Waals surface area contributed by atoms with Gasteiger partial charge in [0.05, 0.1) is 18.1 Å². The van der Waals surface area contributed by atoms with Crippen LogP contribution in [0, 0.1) is 6.92 Å². The second-order valence-corrected chi connectivity index (χ2v) is 5.57. The highest BCUT2D eigenvalue weighted by Gasteiger charge is 2.04. The molecule has 0 radical (unpaired) electrons. The first-order valence-corrected chi connectivity index (χ1v) is 7.24. The van der Waals surface area contributed by atoms with Crippen molar-refractivity contribution < 1.29 is 4.74 Å². The monoisotopic (exact) mass is 294 g/mol. The first kappa shape index (κ1) is 14.3. The normalized spacial score (nSPS) is 10.7. The van der Waals surface area contributed by atoms with Gasteiger partial charge in [-0.2, -0.15) is 0 Å². The van der Waals surface area contributed by atoms with Crippen molar-refractivity contribution in [2.24, 2.45) is 0 Å². The van der Waals surface area contributed by atoms with E-state index >= 15 is 0 Å². The van der Waals surface area contributed by atoms with E-state index < -0.39 is 0 Å². The van der Waals surface area contributed by atoms with E-state index in [0.717, 1.165) is 11.5 Å². The molecular formula is C14H15ClN2OS. The van der Waals surface area contributed by atoms with Crippen LogP contribution in [0.25, 0.3) is 0 Å². The van der Waals surface area contributed by atoms with E-state index in [1.54, 1.807) is 24.9 Å². The Hall–Kier alpha value is -1.10. The largest absolute Gasteiger partial charge is 0.378 e. The molecule has 0 saturated heterocycles. The fourth-order valence-electron chi connectivity index (χ4n) is 1.66. The van der Waals surface area contributed by atoms with E-state index in [4.69, 9.17) is 16.3 Å². The molecule has 0 aliphatic rings. The minimum Gasteiger partial charge on any atom is -0.378 e. The van der Waals surface area contributed by atoms with E-state index in [2.05, 4.69) is 35.1 Å². The number of aromatic nitrogens is 2. The predicted octanol–water partition coefficient (Wildman–Crippen LogP) is 3.88. The zero-order chi connectivity index (χ0) is 13.7. The van der Waals surface area contributed by atoms with Crippen molar-refractivity contribution >= 4 is 23.4 Å². The van der Waals surface area contributed by atoms with Gasteiger partial charge >= 0.3 is 0 Å². The van der Waals surface area contributed by atoms with Crippen LogP contribution in [-0.2, 0) is 17.1 Å². The minimum absolute atomic E-state index is 0.449. The van der Waals surface area contributed by atoms with Crippen LogP contribution in [0.5, 0.6) is 0 Å². The summed E-state index contributed by atoms with van der Waals surface area (Å²) in [6.45, 7) is 2.53. The van der Waals surface area contributed by atoms with Crippen LogP contribution in [0.1, 0.15) is 17.1 Å². The second kappa shape index (κ2) is 6.89. The molecule has 1 aromatic heterocycles. The second-order valence-electron chi connectivity index (χ2n) is 4.14. The van der Waals surface area contributed by atoms with Crippen LogP contribution in [0.15, 0.2) is 35.2 Å². The topological polar surface area (TPSA) is 35.0 Å². The fraction of sp³-hybridized carbons (Fsp3) is 0.286. The van der Waals surface area contributed by atoms with Crippen LogP contribution in [0.2, 0.25) is 5.15 Å². The maximum Gasteiger partial charge on any atom is 0.140 e. The Balaban J connectivity index is 2.06. The molecule has 0 spiro atoms. The number of aryl methyl sites for hydroxylation is 1. The molecule has 3 nitrogen and oxygen atoms in total. The molecule has 0 atom stereocenters. The third-order valence-corrected chi connectivity index (χ3v) is 3.63. The molecular weight excluding hydrogens is 280 g/mol. The van der Waals surface area contributed by atoms with Gasteiger partial charge in [0, 0.05) is 12.0 Å². The van der Waals surface area contributed by atoms with Gasteiger partial charge in [-0.05, 0) is 25.1 Å². The number of methoxy groups -OCH3 is 1. The Bertz CT molecular complexity index is 563. The van der Waals surface area contributed by atoms with Gasteiger partial charge in [-0.15, -0.1) is 11.8 Å². The summed E-state index contributed by atoms with van der Waals surface area (Å²) in [5.41, 5.74) is 2.06. The lowest BCUT2D eigenvalue weighted by Crippen LogP contribution is -1.99. The van der Waals surface area contributed by atoms with Crippen molar-refractivity contribution in [1.29, 1.82) is 0 Å². The highest BCUT2D eigenvalue weighted by molar-refractivity contribution is 7.98. The third kappa shape index (κ3) is 4.49. The number of rotatable bonds is 5. The number of ether oxygens (including phenoxy) is 1. The lowest BCUT2D eigenvalue weighted by atomic mass is 10.2. The van der Waals surface area contributed by atoms with Gasteiger partial charge in [-0.25, -0.2) is 9.97 Å². The van der Waals surface area contributed by atoms with E-state index in [1.165, 1.54) is 10.5 Å². The van der Waals surface area contributed by atoms with Gasteiger partial charge in [-0.1, -0.05) is 29.3 Å². The van der Waals surface area contributed by atoms with Gasteiger partial charge in [0.15, 0.2) is 0 Å². The number of benzene rings is 1. The maximum atomic E-state index is 5.98. The molecule has 19 heavy (non-hydrogen) atoms. The van der Waals surface area contributed by atoms with Gasteiger partial charge in [0.1, 0.15) is 11.0 Å². The lowest BCUT2D eigenvalue weighted by Gasteiger charge is -2.05. The Morgan fingerprint density at radius 1 is 1.26 bits per heavy atom. The van der Waals surface area contributed by atoms with Gasteiger partial charge < -0.3 is 4.74 Å². The van der Waals surface area contributed by atoms with Crippen LogP contribution >= 0.6 is 23.4 Å². The molecule has 0 saturated carbocycles. The third-order valence-electron chi connectivity index (χ3n) is 2.44. The molecule has 0 aliphatic carbocycles. The first-order valence-electron chi connectivity index (χ1n) is 5.88. The summed E-state index contributed by atoms with van der Waals surface area (Å²) >= 11 is 7.68. The molecule has 100 valence electrons. The van der Waals surface area contributed by atoms with E-state index in [1.807, 2.05) is 6.07 Å². The van der Waals surface area contributed by atoms with Crippen LogP contribution in [-0.4, -0.2) is 17.1 Å². The lowest BCUT2D eigenvalue weighted by molar-refractivity contribution is 0.181. The summed E-state index contributed by atoms with van der Waals surface area (Å²) < 4.78 is 5.06. The van der Waals surface area contributed by atoms with Crippen molar-refractivity contribution in [2.45, 2.75) is 24.2 Å². The Morgan fingerprint density at radius 2 is 2.11 bits per heavy atom. The van der Waals surface area contributed by atoms with E-state index in [9.17, 15) is 0 Å². The molecule has 0 fully saturated rings. The molecule has 2 aromatic rings. The minimum atomic E-state index is 0.449. The van der Waals surface area contributed by atoms with Gasteiger partial charge in [0.25, 0.3) is 0 Å². The molecule has 1 heterocycles. The van der Waals surface area contributed by atoms with Crippen molar-refractivity contribution in [3.8, 4) is 0 Å². The van der Waals surface area contributed by atoms with E-state index in [-0.39, 0.29) is 0 Å². The highest BCUT2D eigenvalue weighted by Crippen LogP contribution is 2.22. The summed E-state index contributed by atoms with van der Waals surface area (Å²) in [7, 11) is 1.64. The molecule has 0 bridgehead atoms. The molecule has 5 heteroatoms. The number of halogens is 1. The molecule has 0 amide bonds. The number of thioether (sulfide) groups is 1. The Kier molecular flexibility index (Phi) is 5.19. The summed E-state index contributed by atoms with van der Waals surface area (Å²) in [5, 5.41) is 0.460. The van der Waals surface area contributed by atoms with Gasteiger partial charge in [0.2, 0.25) is 0 Å². The van der Waals surface area contributed by atoms with Crippen LogP contribution < -0.4 is 0 Å². The standard InChI is InChI=1S/C14H15ClN2OS/c1-10-4-3-5-12(6-10)19-9-14-16-11(8-18-2)7-13(15)17-14/h3-7H,8-9H2,1-2H3. The quantitative estimate of drug-likeness (QED) is 0.619. The predicted molar refractivity (Wildman–Crippen MR) is 78.5 cm³/mol. The number of nitrogens with zero attached hydrogens (tertiary/aromatic N) is 2. The summed E-state index contributed by atoms with van der Waals surface area (Å²) in [6, 6.07) is 10.1. The first-order chi connectivity index (χ1) is 9.17. The number of hydrogen-bond donors (Lipinski definition) is 0. The molecule has 0 unspecified atom stereocenters. The zero-order valence-corrected chi connectivity index (χ0v) is 12.5. The summed E-state index contributed by atoms with van der Waals surface area (Å²) in [6.07, 6.45) is 0. The average molecular weight is 295 g/mol. The van der Waals surface area contributed by atoms with Crippen LogP contribution in [0.4, 0.5) is 0 Å². The fourth-order valence-corrected chi connectivity index (χ4v) is 2.75. The Morgan fingerprint density at radius 3 is 2.84 bits per heavy atom. The maximum absolute atomic E-state index is 5.98. The highest BCUT2D eigenvalue weighted by atomic mass is 35.5. The van der Waals surface area contributed by atoms with Crippen LogP contribution in [0.3, 0.4) is 0 Å². The molecule has 0 aliphatic heterocycles.